The first kappa shape index (κ1) is 22.1. The molecule has 160 valence electrons. The van der Waals surface area contributed by atoms with Crippen LogP contribution in [0.2, 0.25) is 5.02 Å². The van der Waals surface area contributed by atoms with Crippen LogP contribution in [0.25, 0.3) is 0 Å². The molecule has 0 radical (unpaired) electrons. The Kier molecular flexibility index (Phi) is 6.42. The van der Waals surface area contributed by atoms with Gasteiger partial charge in [-0.25, -0.2) is 8.42 Å². The van der Waals surface area contributed by atoms with Crippen molar-refractivity contribution in [1.29, 1.82) is 0 Å². The second kappa shape index (κ2) is 9.02. The van der Waals surface area contributed by atoms with Crippen molar-refractivity contribution >= 4 is 44.6 Å². The van der Waals surface area contributed by atoms with Crippen molar-refractivity contribution < 1.29 is 22.9 Å². The number of benzene rings is 3. The van der Waals surface area contributed by atoms with Gasteiger partial charge in [-0.2, -0.15) is 0 Å². The van der Waals surface area contributed by atoms with Crippen LogP contribution >= 0.6 is 11.6 Å². The van der Waals surface area contributed by atoms with E-state index in [2.05, 4.69) is 10.0 Å². The number of ether oxygens (including phenoxy) is 1. The minimum Gasteiger partial charge on any atom is -0.495 e. The minimum absolute atomic E-state index is 0.0838. The van der Waals surface area contributed by atoms with Crippen LogP contribution in [0.1, 0.15) is 10.4 Å². The van der Waals surface area contributed by atoms with Crippen molar-refractivity contribution in [3.63, 3.8) is 0 Å². The molecule has 0 aromatic heterocycles. The predicted molar refractivity (Wildman–Crippen MR) is 116 cm³/mol. The fourth-order valence-corrected chi connectivity index (χ4v) is 3.90. The van der Waals surface area contributed by atoms with Crippen LogP contribution in [0.4, 0.5) is 17.1 Å². The van der Waals surface area contributed by atoms with Gasteiger partial charge in [0.1, 0.15) is 5.75 Å². The molecule has 0 saturated carbocycles. The highest BCUT2D eigenvalue weighted by molar-refractivity contribution is 7.92. The number of amides is 1. The van der Waals surface area contributed by atoms with E-state index in [4.69, 9.17) is 16.3 Å². The molecule has 3 rings (SSSR count). The molecule has 0 saturated heterocycles. The second-order valence-corrected chi connectivity index (χ2v) is 8.35. The molecule has 11 heteroatoms. The summed E-state index contributed by atoms with van der Waals surface area (Å²) in [4.78, 5) is 22.6. The molecule has 0 fully saturated rings. The monoisotopic (exact) mass is 461 g/mol. The number of anilines is 2. The molecule has 0 aliphatic rings. The summed E-state index contributed by atoms with van der Waals surface area (Å²) in [6.45, 7) is 0. The number of rotatable bonds is 7. The zero-order valence-electron chi connectivity index (χ0n) is 16.0. The lowest BCUT2D eigenvalue weighted by Crippen LogP contribution is -2.15. The molecule has 0 heterocycles. The number of non-ortho nitro benzene ring substituents is 1. The van der Waals surface area contributed by atoms with Gasteiger partial charge in [-0.05, 0) is 48.5 Å². The van der Waals surface area contributed by atoms with Crippen molar-refractivity contribution in [2.45, 2.75) is 4.90 Å². The highest BCUT2D eigenvalue weighted by Gasteiger charge is 2.20. The average molecular weight is 462 g/mol. The summed E-state index contributed by atoms with van der Waals surface area (Å²) in [5, 5.41) is 14.1. The summed E-state index contributed by atoms with van der Waals surface area (Å²) >= 11 is 5.89. The van der Waals surface area contributed by atoms with Crippen molar-refractivity contribution in [3.05, 3.63) is 87.4 Å². The lowest BCUT2D eigenvalue weighted by atomic mass is 10.2. The Bertz CT molecular complexity index is 1250. The third kappa shape index (κ3) is 5.30. The molecular weight excluding hydrogens is 446 g/mol. The van der Waals surface area contributed by atoms with E-state index >= 15 is 0 Å². The zero-order chi connectivity index (χ0) is 22.6. The Morgan fingerprint density at radius 1 is 1.06 bits per heavy atom. The van der Waals surface area contributed by atoms with Crippen LogP contribution in [0.5, 0.6) is 5.75 Å². The summed E-state index contributed by atoms with van der Waals surface area (Å²) in [5.74, 6) is -0.328. The summed E-state index contributed by atoms with van der Waals surface area (Å²) in [6.07, 6.45) is 0. The number of nitrogens with one attached hydrogen (secondary N) is 2. The molecule has 3 aromatic rings. The van der Waals surface area contributed by atoms with Gasteiger partial charge in [-0.3, -0.25) is 19.6 Å². The smallest absolute Gasteiger partial charge is 0.271 e. The number of sulfonamides is 1. The maximum Gasteiger partial charge on any atom is 0.271 e. The Hall–Kier alpha value is -3.63. The molecule has 0 aliphatic carbocycles. The van der Waals surface area contributed by atoms with Gasteiger partial charge >= 0.3 is 0 Å². The number of hydrogen-bond donors (Lipinski definition) is 2. The quantitative estimate of drug-likeness (QED) is 0.398. The lowest BCUT2D eigenvalue weighted by molar-refractivity contribution is -0.384. The molecule has 9 nitrogen and oxygen atoms in total. The fourth-order valence-electron chi connectivity index (χ4n) is 2.65. The van der Waals surface area contributed by atoms with Gasteiger partial charge in [0.25, 0.3) is 21.6 Å². The van der Waals surface area contributed by atoms with Crippen molar-refractivity contribution in [1.82, 2.24) is 0 Å². The zero-order valence-corrected chi connectivity index (χ0v) is 17.6. The largest absolute Gasteiger partial charge is 0.495 e. The van der Waals surface area contributed by atoms with E-state index in [1.165, 1.54) is 43.5 Å². The maximum atomic E-state index is 12.7. The minimum atomic E-state index is -4.10. The van der Waals surface area contributed by atoms with Gasteiger partial charge in [0.15, 0.2) is 0 Å². The first-order chi connectivity index (χ1) is 14.7. The first-order valence-corrected chi connectivity index (χ1v) is 10.6. The molecule has 0 spiro atoms. The molecular formula is C20H16ClN3O6S. The van der Waals surface area contributed by atoms with Crippen LogP contribution in [0.15, 0.2) is 71.6 Å². The van der Waals surface area contributed by atoms with Crippen molar-refractivity contribution in [3.8, 4) is 5.75 Å². The molecule has 0 unspecified atom stereocenters. The number of nitro benzene ring substituents is 1. The SMILES string of the molecule is COc1ccc([N+](=O)[O-])cc1NS(=O)(=O)c1ccc(C(=O)Nc2cccc(Cl)c2)cc1. The van der Waals surface area contributed by atoms with E-state index in [-0.39, 0.29) is 27.6 Å². The number of nitrogens with zero attached hydrogens (tertiary/aromatic N) is 1. The van der Waals surface area contributed by atoms with E-state index in [1.807, 2.05) is 0 Å². The van der Waals surface area contributed by atoms with Gasteiger partial charge < -0.3 is 10.1 Å². The Balaban J connectivity index is 1.81. The summed E-state index contributed by atoms with van der Waals surface area (Å²) < 4.78 is 32.8. The maximum absolute atomic E-state index is 12.7. The molecule has 3 aromatic carbocycles. The Labute approximate surface area is 182 Å². The van der Waals surface area contributed by atoms with Gasteiger partial charge in [-0.15, -0.1) is 0 Å². The number of methoxy groups -OCH3 is 1. The van der Waals surface area contributed by atoms with Crippen LogP contribution < -0.4 is 14.8 Å². The summed E-state index contributed by atoms with van der Waals surface area (Å²) in [6, 6.07) is 15.3. The highest BCUT2D eigenvalue weighted by atomic mass is 35.5. The number of carbonyl (C=O) groups is 1. The number of halogens is 1. The van der Waals surface area contributed by atoms with Gasteiger partial charge in [-0.1, -0.05) is 17.7 Å². The number of hydrogen-bond acceptors (Lipinski definition) is 6. The summed E-state index contributed by atoms with van der Waals surface area (Å²) in [7, 11) is -2.79. The molecule has 1 amide bonds. The van der Waals surface area contributed by atoms with Gasteiger partial charge in [0, 0.05) is 28.4 Å². The van der Waals surface area contributed by atoms with Gasteiger partial charge in [0.05, 0.1) is 22.6 Å². The standard InChI is InChI=1S/C20H16ClN3O6S/c1-30-19-10-7-16(24(26)27)12-18(19)23-31(28,29)17-8-5-13(6-9-17)20(25)22-15-4-2-3-14(21)11-15/h2-12,23H,1H3,(H,22,25). The Morgan fingerprint density at radius 2 is 1.77 bits per heavy atom. The van der Waals surface area contributed by atoms with E-state index in [0.29, 0.717) is 10.7 Å². The van der Waals surface area contributed by atoms with E-state index < -0.39 is 20.9 Å². The van der Waals surface area contributed by atoms with E-state index in [0.717, 1.165) is 6.07 Å². The van der Waals surface area contributed by atoms with Crippen LogP contribution in [0, 0.1) is 10.1 Å². The molecule has 0 aliphatic heterocycles. The topological polar surface area (TPSA) is 128 Å². The number of carbonyl (C=O) groups excluding carboxylic acids is 1. The molecule has 0 atom stereocenters. The fraction of sp³-hybridized carbons (Fsp3) is 0.0500. The predicted octanol–water partition coefficient (Wildman–Crippen LogP) is 4.31. The first-order valence-electron chi connectivity index (χ1n) is 8.72. The normalized spacial score (nSPS) is 10.9. The highest BCUT2D eigenvalue weighted by Crippen LogP contribution is 2.31. The van der Waals surface area contributed by atoms with Crippen LogP contribution in [0.3, 0.4) is 0 Å². The van der Waals surface area contributed by atoms with Crippen LogP contribution in [-0.4, -0.2) is 26.4 Å². The second-order valence-electron chi connectivity index (χ2n) is 6.24. The third-order valence-electron chi connectivity index (χ3n) is 4.15. The van der Waals surface area contributed by atoms with Crippen molar-refractivity contribution in [2.75, 3.05) is 17.1 Å². The molecule has 0 bridgehead atoms. The third-order valence-corrected chi connectivity index (χ3v) is 5.76. The van der Waals surface area contributed by atoms with E-state index in [9.17, 15) is 23.3 Å². The van der Waals surface area contributed by atoms with Gasteiger partial charge in [0.2, 0.25) is 0 Å². The number of nitro groups is 1. The molecule has 31 heavy (non-hydrogen) atoms. The lowest BCUT2D eigenvalue weighted by Gasteiger charge is -2.12. The molecule has 2 N–H and O–H groups in total. The van der Waals surface area contributed by atoms with Crippen LogP contribution in [-0.2, 0) is 10.0 Å². The van der Waals surface area contributed by atoms with Crippen molar-refractivity contribution in [2.24, 2.45) is 0 Å². The van der Waals surface area contributed by atoms with E-state index in [1.54, 1.807) is 24.3 Å². The summed E-state index contributed by atoms with van der Waals surface area (Å²) in [5.41, 5.74) is 0.339. The Morgan fingerprint density at radius 3 is 2.39 bits per heavy atom. The average Bonchev–Trinajstić information content (AvgIpc) is 2.73.